The topological polar surface area (TPSA) is 29.5 Å². The first-order valence-corrected chi connectivity index (χ1v) is 4.30. The average Bonchev–Trinajstić information content (AvgIpc) is 2.16. The summed E-state index contributed by atoms with van der Waals surface area (Å²) in [4.78, 5) is 11.6. The second-order valence-electron chi connectivity index (χ2n) is 3.16. The maximum absolute atomic E-state index is 13.2. The van der Waals surface area contributed by atoms with E-state index in [0.29, 0.717) is 0 Å². The molecule has 14 heavy (non-hydrogen) atoms. The van der Waals surface area contributed by atoms with Crippen LogP contribution in [0.25, 0.3) is 0 Å². The van der Waals surface area contributed by atoms with Gasteiger partial charge in [-0.2, -0.15) is 8.78 Å². The first-order valence-electron chi connectivity index (χ1n) is 4.30. The Morgan fingerprint density at radius 3 is 2.64 bits per heavy atom. The number of rotatable bonds is 2. The molecule has 1 aliphatic heterocycles. The number of carbonyl (C=O) groups excluding carboxylic acids is 1. The summed E-state index contributed by atoms with van der Waals surface area (Å²) in [5, 5.41) is 0. The molecule has 6 heteroatoms. The lowest BCUT2D eigenvalue weighted by Crippen LogP contribution is -2.49. The van der Waals surface area contributed by atoms with Gasteiger partial charge in [0.1, 0.15) is 6.17 Å². The van der Waals surface area contributed by atoms with Crippen LogP contribution in [0.3, 0.4) is 0 Å². The van der Waals surface area contributed by atoms with Crippen molar-refractivity contribution >= 4 is 5.91 Å². The van der Waals surface area contributed by atoms with Gasteiger partial charge in [-0.15, -0.1) is 0 Å². The summed E-state index contributed by atoms with van der Waals surface area (Å²) in [5.41, 5.74) is 0. The van der Waals surface area contributed by atoms with Crippen molar-refractivity contribution in [1.82, 2.24) is 4.90 Å². The molecule has 1 saturated heterocycles. The number of methoxy groups -OCH3 is 1. The van der Waals surface area contributed by atoms with Crippen LogP contribution in [-0.2, 0) is 9.53 Å². The fourth-order valence-electron chi connectivity index (χ4n) is 1.49. The van der Waals surface area contributed by atoms with Gasteiger partial charge in [-0.3, -0.25) is 4.79 Å². The molecule has 3 nitrogen and oxygen atoms in total. The van der Waals surface area contributed by atoms with Crippen molar-refractivity contribution in [2.45, 2.75) is 25.1 Å². The monoisotopic (exact) mass is 211 g/mol. The summed E-state index contributed by atoms with van der Waals surface area (Å²) >= 11 is 0. The molecule has 0 unspecified atom stereocenters. The fourth-order valence-corrected chi connectivity index (χ4v) is 1.49. The van der Waals surface area contributed by atoms with E-state index in [1.54, 1.807) is 0 Å². The van der Waals surface area contributed by atoms with E-state index in [2.05, 4.69) is 0 Å². The van der Waals surface area contributed by atoms with Crippen LogP contribution in [0.5, 0.6) is 0 Å². The van der Waals surface area contributed by atoms with E-state index in [1.165, 1.54) is 7.11 Å². The summed E-state index contributed by atoms with van der Waals surface area (Å²) in [6.07, 6.45) is -4.76. The Labute approximate surface area is 79.8 Å². The molecule has 0 saturated carbocycles. The molecular formula is C8H12F3NO2. The SMILES string of the molecule is CO[C@H]1CCN(C(=O)C(F)F)C[C@H]1F. The zero-order valence-electron chi connectivity index (χ0n) is 7.75. The van der Waals surface area contributed by atoms with Crippen molar-refractivity contribution in [3.8, 4) is 0 Å². The Morgan fingerprint density at radius 1 is 1.57 bits per heavy atom. The van der Waals surface area contributed by atoms with Crippen LogP contribution in [0.4, 0.5) is 13.2 Å². The molecule has 1 amide bonds. The van der Waals surface area contributed by atoms with Gasteiger partial charge in [0.05, 0.1) is 12.6 Å². The van der Waals surface area contributed by atoms with Gasteiger partial charge in [0.15, 0.2) is 0 Å². The molecule has 0 spiro atoms. The minimum atomic E-state index is -3.05. The van der Waals surface area contributed by atoms with Gasteiger partial charge in [0.25, 0.3) is 5.91 Å². The number of hydrogen-bond acceptors (Lipinski definition) is 2. The zero-order valence-corrected chi connectivity index (χ0v) is 7.75. The smallest absolute Gasteiger partial charge is 0.315 e. The van der Waals surface area contributed by atoms with Crippen LogP contribution in [0.1, 0.15) is 6.42 Å². The van der Waals surface area contributed by atoms with Crippen LogP contribution in [0, 0.1) is 0 Å². The number of hydrogen-bond donors (Lipinski definition) is 0. The summed E-state index contributed by atoms with van der Waals surface area (Å²) in [6.45, 7) is -0.177. The first-order chi connectivity index (χ1) is 6.56. The van der Waals surface area contributed by atoms with E-state index in [9.17, 15) is 18.0 Å². The summed E-state index contributed by atoms with van der Waals surface area (Å²) in [7, 11) is 1.36. The lowest BCUT2D eigenvalue weighted by molar-refractivity contribution is -0.147. The van der Waals surface area contributed by atoms with Crippen LogP contribution in [-0.4, -0.2) is 49.7 Å². The average molecular weight is 211 g/mol. The van der Waals surface area contributed by atoms with Gasteiger partial charge in [0, 0.05) is 13.7 Å². The normalized spacial score (nSPS) is 28.2. The number of halogens is 3. The minimum absolute atomic E-state index is 0.127. The Balaban J connectivity index is 2.50. The minimum Gasteiger partial charge on any atom is -0.378 e. The second-order valence-corrected chi connectivity index (χ2v) is 3.16. The Kier molecular flexibility index (Phi) is 3.74. The van der Waals surface area contributed by atoms with Gasteiger partial charge in [-0.25, -0.2) is 4.39 Å². The van der Waals surface area contributed by atoms with Crippen molar-refractivity contribution in [3.05, 3.63) is 0 Å². The maximum Gasteiger partial charge on any atom is 0.315 e. The largest absolute Gasteiger partial charge is 0.378 e. The highest BCUT2D eigenvalue weighted by molar-refractivity contribution is 5.79. The number of likely N-dealkylation sites (tertiary alicyclic amines) is 1. The van der Waals surface area contributed by atoms with E-state index < -0.39 is 24.6 Å². The summed E-state index contributed by atoms with van der Waals surface area (Å²) in [5.74, 6) is -1.30. The number of carbonyl (C=O) groups is 1. The standard InChI is InChI=1S/C8H12F3NO2/c1-14-6-2-3-12(4-5(6)9)8(13)7(10)11/h5-7H,2-4H2,1H3/t5-,6+/m1/s1. The number of piperidine rings is 1. The van der Waals surface area contributed by atoms with E-state index in [0.717, 1.165) is 4.90 Å². The second kappa shape index (κ2) is 4.63. The molecule has 0 aromatic heterocycles. The molecule has 0 aliphatic carbocycles. The Morgan fingerprint density at radius 2 is 2.21 bits per heavy atom. The van der Waals surface area contributed by atoms with Crippen molar-refractivity contribution in [2.75, 3.05) is 20.2 Å². The van der Waals surface area contributed by atoms with E-state index >= 15 is 0 Å². The van der Waals surface area contributed by atoms with Crippen LogP contribution >= 0.6 is 0 Å². The fraction of sp³-hybridized carbons (Fsp3) is 0.875. The number of ether oxygens (including phenoxy) is 1. The van der Waals surface area contributed by atoms with Crippen LogP contribution in [0.15, 0.2) is 0 Å². The Bertz CT molecular complexity index is 213. The van der Waals surface area contributed by atoms with Crippen molar-refractivity contribution in [1.29, 1.82) is 0 Å². The first kappa shape index (κ1) is 11.3. The molecule has 1 aliphatic rings. The Hall–Kier alpha value is -0.780. The van der Waals surface area contributed by atoms with Gasteiger partial charge < -0.3 is 9.64 Å². The number of nitrogens with zero attached hydrogens (tertiary/aromatic N) is 1. The maximum atomic E-state index is 13.2. The lowest BCUT2D eigenvalue weighted by atomic mass is 10.1. The molecule has 1 heterocycles. The van der Waals surface area contributed by atoms with Gasteiger partial charge in [-0.1, -0.05) is 0 Å². The number of alkyl halides is 3. The molecular weight excluding hydrogens is 199 g/mol. The summed E-state index contributed by atoms with van der Waals surface area (Å²) in [6, 6.07) is 0. The van der Waals surface area contributed by atoms with Gasteiger partial charge >= 0.3 is 6.43 Å². The molecule has 1 rings (SSSR count). The molecule has 0 N–H and O–H groups in total. The molecule has 0 aromatic carbocycles. The van der Waals surface area contributed by atoms with E-state index in [1.807, 2.05) is 0 Å². The lowest BCUT2D eigenvalue weighted by Gasteiger charge is -2.33. The van der Waals surface area contributed by atoms with Gasteiger partial charge in [0.2, 0.25) is 0 Å². The molecule has 2 atom stereocenters. The molecule has 0 aromatic rings. The van der Waals surface area contributed by atoms with E-state index in [-0.39, 0.29) is 19.5 Å². The van der Waals surface area contributed by atoms with Crippen LogP contribution in [0.2, 0.25) is 0 Å². The third-order valence-corrected chi connectivity index (χ3v) is 2.28. The van der Waals surface area contributed by atoms with E-state index in [4.69, 9.17) is 4.74 Å². The van der Waals surface area contributed by atoms with Crippen molar-refractivity contribution < 1.29 is 22.7 Å². The third kappa shape index (κ3) is 2.37. The highest BCUT2D eigenvalue weighted by Gasteiger charge is 2.34. The van der Waals surface area contributed by atoms with Crippen molar-refractivity contribution in [2.24, 2.45) is 0 Å². The van der Waals surface area contributed by atoms with Crippen LogP contribution < -0.4 is 0 Å². The van der Waals surface area contributed by atoms with Crippen molar-refractivity contribution in [3.63, 3.8) is 0 Å². The molecule has 82 valence electrons. The number of amides is 1. The zero-order chi connectivity index (χ0) is 10.7. The molecule has 0 radical (unpaired) electrons. The molecule has 1 fully saturated rings. The van der Waals surface area contributed by atoms with Gasteiger partial charge in [-0.05, 0) is 6.42 Å². The third-order valence-electron chi connectivity index (χ3n) is 2.28. The predicted octanol–water partition coefficient (Wildman–Crippen LogP) is 0.837. The highest BCUT2D eigenvalue weighted by Crippen LogP contribution is 2.17. The highest BCUT2D eigenvalue weighted by atomic mass is 19.3. The summed E-state index contributed by atoms with van der Waals surface area (Å²) < 4.78 is 41.9. The predicted molar refractivity (Wildman–Crippen MR) is 42.9 cm³/mol. The quantitative estimate of drug-likeness (QED) is 0.677. The molecule has 0 bridgehead atoms.